The highest BCUT2D eigenvalue weighted by atomic mass is 79.9. The number of hydrogen-bond donors (Lipinski definition) is 0. The first-order valence-corrected chi connectivity index (χ1v) is 18.8. The second-order valence-electron chi connectivity index (χ2n) is 12.5. The van der Waals surface area contributed by atoms with Crippen molar-refractivity contribution in [3.05, 3.63) is 108 Å². The summed E-state index contributed by atoms with van der Waals surface area (Å²) in [6, 6.07) is 38.2. The molecule has 0 aliphatic rings. The van der Waals surface area contributed by atoms with E-state index in [1.54, 1.807) is 0 Å². The van der Waals surface area contributed by atoms with Crippen LogP contribution in [0.15, 0.2) is 108 Å². The monoisotopic (exact) mass is 681 g/mol. The zero-order chi connectivity index (χ0) is 32.4. The molecule has 0 atom stereocenters. The summed E-state index contributed by atoms with van der Waals surface area (Å²) in [5.41, 5.74) is 7.55. The fourth-order valence-electron chi connectivity index (χ4n) is 6.20. The van der Waals surface area contributed by atoms with Gasteiger partial charge in [0, 0.05) is 58.2 Å². The second kappa shape index (κ2) is 20.1. The molecule has 0 amide bonds. The van der Waals surface area contributed by atoms with E-state index in [0.29, 0.717) is 0 Å². The van der Waals surface area contributed by atoms with E-state index in [2.05, 4.69) is 155 Å². The number of anilines is 6. The summed E-state index contributed by atoms with van der Waals surface area (Å²) in [5, 5.41) is 0. The molecule has 46 heavy (non-hydrogen) atoms. The van der Waals surface area contributed by atoms with Crippen LogP contribution in [-0.4, -0.2) is 19.6 Å². The fraction of sp³-hybridized carbons (Fsp3) is 0.429. The molecule has 4 aromatic carbocycles. The van der Waals surface area contributed by atoms with Gasteiger partial charge < -0.3 is 14.7 Å². The largest absolute Gasteiger partial charge is 0.341 e. The van der Waals surface area contributed by atoms with Crippen LogP contribution in [0.4, 0.5) is 34.1 Å². The number of para-hydroxylation sites is 2. The van der Waals surface area contributed by atoms with Crippen molar-refractivity contribution < 1.29 is 0 Å². The zero-order valence-electron chi connectivity index (χ0n) is 28.6. The van der Waals surface area contributed by atoms with Gasteiger partial charge in [-0.15, -0.1) is 0 Å². The van der Waals surface area contributed by atoms with Gasteiger partial charge in [0.25, 0.3) is 0 Å². The van der Waals surface area contributed by atoms with Crippen LogP contribution in [0, 0.1) is 0 Å². The molecular formula is C42H56BrN3. The van der Waals surface area contributed by atoms with Crippen LogP contribution < -0.4 is 14.7 Å². The van der Waals surface area contributed by atoms with E-state index in [1.165, 1.54) is 111 Å². The van der Waals surface area contributed by atoms with Gasteiger partial charge in [0.2, 0.25) is 0 Å². The van der Waals surface area contributed by atoms with Crippen LogP contribution in [-0.2, 0) is 0 Å². The lowest BCUT2D eigenvalue weighted by molar-refractivity contribution is 0.665. The minimum Gasteiger partial charge on any atom is -0.341 e. The standard InChI is InChI=1S/C42H56BrN3/c1-4-7-10-19-30-44(37-22-15-13-16-23-37)40-33-41(45(31-20-11-8-5-2)38-24-17-14-18-25-38)35-42(34-40)46(32-21-12-9-6-3)39-28-26-36(43)27-29-39/h13-18,22-29,33-35H,4-12,19-21,30-32H2,1-3H3. The Bertz CT molecular complexity index is 1300. The quantitative estimate of drug-likeness (QED) is 0.0810. The van der Waals surface area contributed by atoms with E-state index in [-0.39, 0.29) is 0 Å². The van der Waals surface area contributed by atoms with E-state index in [9.17, 15) is 0 Å². The molecule has 4 heteroatoms. The molecule has 0 saturated carbocycles. The highest BCUT2D eigenvalue weighted by molar-refractivity contribution is 9.10. The molecule has 246 valence electrons. The molecule has 0 saturated heterocycles. The lowest BCUT2D eigenvalue weighted by Gasteiger charge is -2.33. The van der Waals surface area contributed by atoms with Crippen LogP contribution in [0.3, 0.4) is 0 Å². The molecule has 3 nitrogen and oxygen atoms in total. The lowest BCUT2D eigenvalue weighted by atomic mass is 10.1. The van der Waals surface area contributed by atoms with Crippen LogP contribution in [0.2, 0.25) is 0 Å². The number of hydrogen-bond acceptors (Lipinski definition) is 3. The third kappa shape index (κ3) is 10.9. The van der Waals surface area contributed by atoms with E-state index in [4.69, 9.17) is 0 Å². The molecule has 0 N–H and O–H groups in total. The summed E-state index contributed by atoms with van der Waals surface area (Å²) in [4.78, 5) is 7.66. The Morgan fingerprint density at radius 3 is 1.02 bits per heavy atom. The maximum atomic E-state index is 3.68. The minimum atomic E-state index is 0.994. The molecule has 4 aromatic rings. The SMILES string of the molecule is CCCCCCN(c1ccccc1)c1cc(N(CCCCCC)c2ccccc2)cc(N(CCCCCC)c2ccc(Br)cc2)c1. The Morgan fingerprint density at radius 2 is 0.696 bits per heavy atom. The van der Waals surface area contributed by atoms with E-state index in [1.807, 2.05) is 0 Å². The summed E-state index contributed by atoms with van der Waals surface area (Å²) in [7, 11) is 0. The van der Waals surface area contributed by atoms with Gasteiger partial charge in [-0.05, 0) is 86.0 Å². The van der Waals surface area contributed by atoms with Crippen LogP contribution in [0.1, 0.15) is 97.8 Å². The Kier molecular flexibility index (Phi) is 15.6. The topological polar surface area (TPSA) is 9.72 Å². The maximum absolute atomic E-state index is 3.68. The Labute approximate surface area is 288 Å². The highest BCUT2D eigenvalue weighted by Gasteiger charge is 2.19. The van der Waals surface area contributed by atoms with Gasteiger partial charge in [0.05, 0.1) is 0 Å². The maximum Gasteiger partial charge on any atom is 0.0452 e. The van der Waals surface area contributed by atoms with Crippen molar-refractivity contribution >= 4 is 50.1 Å². The smallest absolute Gasteiger partial charge is 0.0452 e. The molecule has 0 heterocycles. The van der Waals surface area contributed by atoms with Crippen LogP contribution in [0.25, 0.3) is 0 Å². The average molecular weight is 683 g/mol. The number of nitrogens with zero attached hydrogens (tertiary/aromatic N) is 3. The highest BCUT2D eigenvalue weighted by Crippen LogP contribution is 2.39. The van der Waals surface area contributed by atoms with Crippen molar-refractivity contribution in [2.45, 2.75) is 97.8 Å². The molecule has 0 radical (unpaired) electrons. The molecule has 0 aliphatic carbocycles. The van der Waals surface area contributed by atoms with E-state index in [0.717, 1.165) is 24.1 Å². The van der Waals surface area contributed by atoms with E-state index < -0.39 is 0 Å². The van der Waals surface area contributed by atoms with Gasteiger partial charge in [-0.3, -0.25) is 0 Å². The predicted octanol–water partition coefficient (Wildman–Crippen LogP) is 13.6. The van der Waals surface area contributed by atoms with Crippen molar-refractivity contribution in [3.63, 3.8) is 0 Å². The summed E-state index contributed by atoms with van der Waals surface area (Å²) >= 11 is 3.68. The molecular weight excluding hydrogens is 626 g/mol. The van der Waals surface area contributed by atoms with Gasteiger partial charge in [-0.1, -0.05) is 131 Å². The molecule has 4 rings (SSSR count). The molecule has 0 fully saturated rings. The summed E-state index contributed by atoms with van der Waals surface area (Å²) in [6.07, 6.45) is 14.8. The number of rotatable bonds is 21. The lowest BCUT2D eigenvalue weighted by Crippen LogP contribution is -2.24. The third-order valence-corrected chi connectivity index (χ3v) is 9.33. The van der Waals surface area contributed by atoms with Crippen LogP contribution >= 0.6 is 15.9 Å². The summed E-state index contributed by atoms with van der Waals surface area (Å²) in [5.74, 6) is 0. The van der Waals surface area contributed by atoms with Crippen molar-refractivity contribution in [1.29, 1.82) is 0 Å². The van der Waals surface area contributed by atoms with E-state index >= 15 is 0 Å². The number of halogens is 1. The summed E-state index contributed by atoms with van der Waals surface area (Å²) in [6.45, 7) is 9.88. The molecule has 0 unspecified atom stereocenters. The first-order valence-electron chi connectivity index (χ1n) is 18.0. The first kappa shape index (κ1) is 35.6. The van der Waals surface area contributed by atoms with Gasteiger partial charge in [0.1, 0.15) is 0 Å². The van der Waals surface area contributed by atoms with Crippen molar-refractivity contribution in [2.24, 2.45) is 0 Å². The van der Waals surface area contributed by atoms with Gasteiger partial charge in [-0.2, -0.15) is 0 Å². The van der Waals surface area contributed by atoms with Crippen molar-refractivity contribution in [3.8, 4) is 0 Å². The molecule has 0 aromatic heterocycles. The minimum absolute atomic E-state index is 0.994. The van der Waals surface area contributed by atoms with Gasteiger partial charge in [0.15, 0.2) is 0 Å². The summed E-state index contributed by atoms with van der Waals surface area (Å²) < 4.78 is 1.11. The van der Waals surface area contributed by atoms with Gasteiger partial charge in [-0.25, -0.2) is 0 Å². The van der Waals surface area contributed by atoms with Crippen molar-refractivity contribution in [2.75, 3.05) is 34.3 Å². The number of benzene rings is 4. The number of unbranched alkanes of at least 4 members (excludes halogenated alkanes) is 9. The zero-order valence-corrected chi connectivity index (χ0v) is 30.2. The third-order valence-electron chi connectivity index (χ3n) is 8.80. The van der Waals surface area contributed by atoms with Crippen molar-refractivity contribution in [1.82, 2.24) is 0 Å². The second-order valence-corrected chi connectivity index (χ2v) is 13.4. The fourth-order valence-corrected chi connectivity index (χ4v) is 6.46. The average Bonchev–Trinajstić information content (AvgIpc) is 3.09. The van der Waals surface area contributed by atoms with Crippen LogP contribution in [0.5, 0.6) is 0 Å². The molecule has 0 aliphatic heterocycles. The molecule has 0 spiro atoms. The Balaban J connectivity index is 1.86. The predicted molar refractivity (Wildman–Crippen MR) is 207 cm³/mol. The van der Waals surface area contributed by atoms with Gasteiger partial charge >= 0.3 is 0 Å². The molecule has 0 bridgehead atoms. The normalized spacial score (nSPS) is 11.0. The first-order chi connectivity index (χ1) is 22.6. The Hall–Kier alpha value is -3.24. The Morgan fingerprint density at radius 1 is 0.370 bits per heavy atom.